The van der Waals surface area contributed by atoms with Crippen molar-refractivity contribution in [3.63, 3.8) is 0 Å². The van der Waals surface area contributed by atoms with E-state index in [0.29, 0.717) is 24.0 Å². The van der Waals surface area contributed by atoms with Crippen LogP contribution in [-0.2, 0) is 13.1 Å². The van der Waals surface area contributed by atoms with Crippen molar-refractivity contribution in [2.75, 3.05) is 6.79 Å². The van der Waals surface area contributed by atoms with Crippen LogP contribution in [0.25, 0.3) is 11.5 Å². The fourth-order valence-corrected chi connectivity index (χ4v) is 2.92. The van der Waals surface area contributed by atoms with Gasteiger partial charge in [0.15, 0.2) is 17.3 Å². The van der Waals surface area contributed by atoms with Crippen LogP contribution in [-0.4, -0.2) is 32.8 Å². The van der Waals surface area contributed by atoms with E-state index in [1.54, 1.807) is 0 Å². The molecular formula is C18H21N5O3. The van der Waals surface area contributed by atoms with Crippen molar-refractivity contribution in [1.82, 2.24) is 25.2 Å². The molecule has 3 aromatic rings. The molecule has 1 aliphatic heterocycles. The predicted octanol–water partition coefficient (Wildman–Crippen LogP) is 2.46. The monoisotopic (exact) mass is 355 g/mol. The van der Waals surface area contributed by atoms with Crippen LogP contribution in [0, 0.1) is 13.8 Å². The van der Waals surface area contributed by atoms with Crippen molar-refractivity contribution in [2.45, 2.75) is 39.9 Å². The van der Waals surface area contributed by atoms with Gasteiger partial charge < -0.3 is 19.3 Å². The summed E-state index contributed by atoms with van der Waals surface area (Å²) in [4.78, 5) is 4.45. The van der Waals surface area contributed by atoms with E-state index in [0.717, 1.165) is 29.2 Å². The van der Waals surface area contributed by atoms with Crippen molar-refractivity contribution in [2.24, 2.45) is 0 Å². The Morgan fingerprint density at radius 3 is 2.85 bits per heavy atom. The van der Waals surface area contributed by atoms with E-state index in [2.05, 4.69) is 40.5 Å². The van der Waals surface area contributed by atoms with Crippen LogP contribution in [0.5, 0.6) is 11.5 Å². The molecule has 1 aliphatic rings. The highest BCUT2D eigenvalue weighted by Gasteiger charge is 2.17. The van der Waals surface area contributed by atoms with E-state index in [9.17, 15) is 0 Å². The quantitative estimate of drug-likeness (QED) is 0.727. The van der Waals surface area contributed by atoms with Crippen LogP contribution >= 0.6 is 0 Å². The Morgan fingerprint density at radius 1 is 1.19 bits per heavy atom. The Kier molecular flexibility index (Phi) is 4.34. The second-order valence-electron chi connectivity index (χ2n) is 6.47. The number of benzene rings is 1. The summed E-state index contributed by atoms with van der Waals surface area (Å²) in [5.41, 5.74) is 2.99. The summed E-state index contributed by atoms with van der Waals surface area (Å²) in [6.45, 7) is 7.71. The summed E-state index contributed by atoms with van der Waals surface area (Å²) in [7, 11) is 0. The summed E-state index contributed by atoms with van der Waals surface area (Å²) < 4.78 is 18.1. The Bertz CT molecular complexity index is 917. The second kappa shape index (κ2) is 6.80. The van der Waals surface area contributed by atoms with Crippen LogP contribution in [0.3, 0.4) is 0 Å². The fraction of sp³-hybridized carbons (Fsp3) is 0.389. The minimum Gasteiger partial charge on any atom is -0.454 e. The zero-order valence-electron chi connectivity index (χ0n) is 15.0. The standard InChI is InChI=1S/C18H21N5O3/c1-11-6-13(3)23(21-11)9-12(2)19-8-17-20-18(26-22-17)14-4-5-15-16(7-14)25-10-24-15/h4-7,12,19H,8-10H2,1-3H3/t12-/m1/s1. The number of nitrogens with one attached hydrogen (secondary N) is 1. The molecule has 0 aliphatic carbocycles. The average Bonchev–Trinajstić information content (AvgIpc) is 3.33. The van der Waals surface area contributed by atoms with Gasteiger partial charge in [-0.05, 0) is 45.0 Å². The lowest BCUT2D eigenvalue weighted by Gasteiger charge is -2.13. The first-order valence-electron chi connectivity index (χ1n) is 8.55. The molecule has 0 radical (unpaired) electrons. The molecule has 0 fully saturated rings. The Labute approximate surface area is 151 Å². The van der Waals surface area contributed by atoms with Gasteiger partial charge in [-0.2, -0.15) is 10.1 Å². The van der Waals surface area contributed by atoms with Gasteiger partial charge in [0.05, 0.1) is 18.8 Å². The molecule has 4 rings (SSSR count). The second-order valence-corrected chi connectivity index (χ2v) is 6.47. The molecule has 0 unspecified atom stereocenters. The lowest BCUT2D eigenvalue weighted by atomic mass is 10.2. The third-order valence-electron chi connectivity index (χ3n) is 4.25. The molecule has 136 valence electrons. The lowest BCUT2D eigenvalue weighted by molar-refractivity contribution is 0.174. The van der Waals surface area contributed by atoms with Crippen LogP contribution < -0.4 is 14.8 Å². The highest BCUT2D eigenvalue weighted by atomic mass is 16.7. The van der Waals surface area contributed by atoms with E-state index in [1.807, 2.05) is 29.8 Å². The van der Waals surface area contributed by atoms with Crippen molar-refractivity contribution in [1.29, 1.82) is 0 Å². The van der Waals surface area contributed by atoms with Crippen LogP contribution in [0.15, 0.2) is 28.8 Å². The first-order valence-corrected chi connectivity index (χ1v) is 8.55. The highest BCUT2D eigenvalue weighted by molar-refractivity contribution is 5.60. The molecule has 0 amide bonds. The lowest BCUT2D eigenvalue weighted by Crippen LogP contribution is -2.31. The van der Waals surface area contributed by atoms with Crippen molar-refractivity contribution >= 4 is 0 Å². The number of nitrogens with zero attached hydrogens (tertiary/aromatic N) is 4. The minimum atomic E-state index is 0.223. The summed E-state index contributed by atoms with van der Waals surface area (Å²) in [5.74, 6) is 2.50. The van der Waals surface area contributed by atoms with Gasteiger partial charge in [-0.1, -0.05) is 5.16 Å². The Hall–Kier alpha value is -2.87. The average molecular weight is 355 g/mol. The molecule has 2 aromatic heterocycles. The van der Waals surface area contributed by atoms with Crippen LogP contribution in [0.2, 0.25) is 0 Å². The first kappa shape index (κ1) is 16.6. The third kappa shape index (κ3) is 3.41. The van der Waals surface area contributed by atoms with Crippen LogP contribution in [0.4, 0.5) is 0 Å². The number of hydrogen-bond donors (Lipinski definition) is 1. The zero-order valence-corrected chi connectivity index (χ0v) is 15.0. The summed E-state index contributed by atoms with van der Waals surface area (Å²) in [6, 6.07) is 7.86. The van der Waals surface area contributed by atoms with Gasteiger partial charge in [0.25, 0.3) is 5.89 Å². The molecule has 8 nitrogen and oxygen atoms in total. The molecule has 8 heteroatoms. The largest absolute Gasteiger partial charge is 0.454 e. The van der Waals surface area contributed by atoms with E-state index in [1.165, 1.54) is 0 Å². The van der Waals surface area contributed by atoms with E-state index in [-0.39, 0.29) is 12.8 Å². The zero-order chi connectivity index (χ0) is 18.1. The number of rotatable bonds is 6. The van der Waals surface area contributed by atoms with Crippen molar-refractivity contribution in [3.05, 3.63) is 41.5 Å². The molecule has 3 heterocycles. The molecule has 26 heavy (non-hydrogen) atoms. The topological polar surface area (TPSA) is 87.2 Å². The summed E-state index contributed by atoms with van der Waals surface area (Å²) in [5, 5.41) is 11.9. The van der Waals surface area contributed by atoms with Gasteiger partial charge in [-0.25, -0.2) is 0 Å². The van der Waals surface area contributed by atoms with E-state index in [4.69, 9.17) is 14.0 Å². The molecule has 0 saturated carbocycles. The predicted molar refractivity (Wildman–Crippen MR) is 93.9 cm³/mol. The number of fused-ring (bicyclic) bond motifs is 1. The maximum absolute atomic E-state index is 5.38. The molecule has 1 N–H and O–H groups in total. The number of hydrogen-bond acceptors (Lipinski definition) is 7. The Morgan fingerprint density at radius 2 is 2.04 bits per heavy atom. The normalized spacial score (nSPS) is 14.0. The van der Waals surface area contributed by atoms with Crippen LogP contribution in [0.1, 0.15) is 24.1 Å². The summed E-state index contributed by atoms with van der Waals surface area (Å²) in [6.07, 6.45) is 0. The Balaban J connectivity index is 1.37. The van der Waals surface area contributed by atoms with Gasteiger partial charge in [0.2, 0.25) is 6.79 Å². The fourth-order valence-electron chi connectivity index (χ4n) is 2.92. The SMILES string of the molecule is Cc1cc(C)n(C[C@@H](C)NCc2noc(-c3ccc4c(c3)OCO4)n2)n1. The number of aromatic nitrogens is 4. The summed E-state index contributed by atoms with van der Waals surface area (Å²) >= 11 is 0. The van der Waals surface area contributed by atoms with Gasteiger partial charge >= 0.3 is 0 Å². The number of ether oxygens (including phenoxy) is 2. The van der Waals surface area contributed by atoms with Crippen molar-refractivity contribution in [3.8, 4) is 23.0 Å². The highest BCUT2D eigenvalue weighted by Crippen LogP contribution is 2.35. The number of aryl methyl sites for hydroxylation is 2. The maximum atomic E-state index is 5.38. The molecule has 1 aromatic carbocycles. The van der Waals surface area contributed by atoms with Gasteiger partial charge in [-0.15, -0.1) is 0 Å². The molecule has 0 saturated heterocycles. The van der Waals surface area contributed by atoms with Crippen molar-refractivity contribution < 1.29 is 14.0 Å². The third-order valence-corrected chi connectivity index (χ3v) is 4.25. The first-order chi connectivity index (χ1) is 12.6. The smallest absolute Gasteiger partial charge is 0.258 e. The molecular weight excluding hydrogens is 334 g/mol. The van der Waals surface area contributed by atoms with E-state index >= 15 is 0 Å². The van der Waals surface area contributed by atoms with Gasteiger partial charge in [0.1, 0.15) is 0 Å². The maximum Gasteiger partial charge on any atom is 0.258 e. The molecule has 0 bridgehead atoms. The van der Waals surface area contributed by atoms with E-state index < -0.39 is 0 Å². The minimum absolute atomic E-state index is 0.223. The van der Waals surface area contributed by atoms with Gasteiger partial charge in [0, 0.05) is 17.3 Å². The molecule has 1 atom stereocenters. The molecule has 0 spiro atoms. The van der Waals surface area contributed by atoms with Gasteiger partial charge in [-0.3, -0.25) is 4.68 Å².